The summed E-state index contributed by atoms with van der Waals surface area (Å²) >= 11 is 0. The highest BCUT2D eigenvalue weighted by molar-refractivity contribution is 7.61. The number of hydrogen-bond donors (Lipinski definition) is 2. The predicted octanol–water partition coefficient (Wildman–Crippen LogP) is 0.0634. The molecule has 2 aromatic heterocycles. The van der Waals surface area contributed by atoms with Gasteiger partial charge in [0, 0.05) is 19.4 Å². The third kappa shape index (κ3) is 9.62. The summed E-state index contributed by atoms with van der Waals surface area (Å²) in [5.74, 6) is -1.27. The maximum absolute atomic E-state index is 13.8. The number of aliphatic hydroxyl groups is 1. The molecule has 0 amide bonds. The molecule has 0 aromatic carbocycles. The summed E-state index contributed by atoms with van der Waals surface area (Å²) < 4.78 is 53.5. The predicted molar refractivity (Wildman–Crippen MR) is 153 cm³/mol. The van der Waals surface area contributed by atoms with E-state index in [9.17, 15) is 28.8 Å². The van der Waals surface area contributed by atoms with Crippen LogP contribution in [0.2, 0.25) is 0 Å². The number of aromatic nitrogens is 5. The first-order valence-electron chi connectivity index (χ1n) is 13.9. The molecule has 2 aromatic rings. The van der Waals surface area contributed by atoms with Crippen molar-refractivity contribution < 1.29 is 52.0 Å². The van der Waals surface area contributed by atoms with Crippen LogP contribution in [-0.2, 0) is 53.4 Å². The van der Waals surface area contributed by atoms with Crippen LogP contribution in [0.1, 0.15) is 47.8 Å². The van der Waals surface area contributed by atoms with Crippen molar-refractivity contribution in [2.75, 3.05) is 33.9 Å². The number of esters is 2. The molecule has 1 fully saturated rings. The molecule has 19 heteroatoms. The molecule has 2 unspecified atom stereocenters. The van der Waals surface area contributed by atoms with Crippen molar-refractivity contribution in [2.45, 2.75) is 72.6 Å². The summed E-state index contributed by atoms with van der Waals surface area (Å²) in [6.45, 7) is 8.25. The van der Waals surface area contributed by atoms with Gasteiger partial charge in [0.2, 0.25) is 13.6 Å². The Hall–Kier alpha value is -3.25. The van der Waals surface area contributed by atoms with Crippen molar-refractivity contribution in [3.63, 3.8) is 0 Å². The molecule has 0 aliphatic carbocycles. The second-order valence-electron chi connectivity index (χ2n) is 12.1. The first kappa shape index (κ1) is 36.2. The van der Waals surface area contributed by atoms with Gasteiger partial charge in [0.1, 0.15) is 18.3 Å². The molecule has 18 nitrogen and oxygen atoms in total. The fraction of sp³-hybridized carbons (Fsp3) is 0.692. The lowest BCUT2D eigenvalue weighted by atomic mass is 9.98. The molecule has 0 spiro atoms. The molecule has 45 heavy (non-hydrogen) atoms. The van der Waals surface area contributed by atoms with Gasteiger partial charge in [-0.25, -0.2) is 9.48 Å². The fourth-order valence-electron chi connectivity index (χ4n) is 3.76. The average molecular weight is 662 g/mol. The molecule has 4 atom stereocenters. The molecule has 1 aliphatic rings. The number of aliphatic hydroxyl groups excluding tert-OH is 1. The zero-order valence-electron chi connectivity index (χ0n) is 26.2. The minimum atomic E-state index is -4.40. The highest BCUT2D eigenvalue weighted by Crippen LogP contribution is 2.46. The van der Waals surface area contributed by atoms with E-state index in [2.05, 4.69) is 15.3 Å². The minimum Gasteiger partial charge on any atom is -0.438 e. The lowest BCUT2D eigenvalue weighted by Gasteiger charge is -2.22. The smallest absolute Gasteiger partial charge is 0.388 e. The molecule has 0 bridgehead atoms. The Morgan fingerprint density at radius 1 is 1.04 bits per heavy atom. The van der Waals surface area contributed by atoms with E-state index in [1.165, 1.54) is 24.2 Å². The number of hydrogen-bond acceptors (Lipinski definition) is 15. The maximum atomic E-state index is 13.8. The molecule has 252 valence electrons. The minimum absolute atomic E-state index is 0.0633. The standard InChI is InChI=1S/C26H40N5O13P/c1-25(2,3)22(34)40-14-42-45(37,43-15-41-23(35)26(4,5)6)18-13-30(29-28-18)12-16-19(33)20(39-11-10-38-7)21(44-16)31-9-8-17(32)27-24(31)36/h8-9,13,16,19-21,33H,10-12,14-15H2,1-7H3,(H,27,32,36)/t16-,19?,20?,21-/m1/s1. The van der Waals surface area contributed by atoms with E-state index in [0.717, 1.165) is 10.6 Å². The van der Waals surface area contributed by atoms with Gasteiger partial charge < -0.3 is 28.8 Å². The van der Waals surface area contributed by atoms with Crippen LogP contribution in [-0.4, -0.2) is 93.8 Å². The van der Waals surface area contributed by atoms with Crippen LogP contribution in [0.15, 0.2) is 28.0 Å². The van der Waals surface area contributed by atoms with Gasteiger partial charge in [-0.15, -0.1) is 5.10 Å². The normalized spacial score (nSPS) is 20.7. The summed E-state index contributed by atoms with van der Waals surface area (Å²) in [6, 6.07) is 1.12. The molecule has 3 heterocycles. The molecule has 3 rings (SSSR count). The van der Waals surface area contributed by atoms with E-state index in [1.807, 2.05) is 0 Å². The molecular formula is C26H40N5O13P. The topological polar surface area (TPSA) is 222 Å². The van der Waals surface area contributed by atoms with Gasteiger partial charge in [-0.05, 0) is 41.5 Å². The average Bonchev–Trinajstić information content (AvgIpc) is 3.53. The quantitative estimate of drug-likeness (QED) is 0.118. The SMILES string of the molecule is COCCOC1C(O)[C@@H](Cn2cc(P(=O)(OCOC(=O)C(C)(C)C)OCOC(=O)C(C)(C)C)nn2)O[C@H]1n1ccc(=O)[nH]c1=O. The van der Waals surface area contributed by atoms with Crippen LogP contribution < -0.4 is 16.7 Å². The van der Waals surface area contributed by atoms with E-state index in [-0.39, 0.29) is 25.2 Å². The largest absolute Gasteiger partial charge is 0.438 e. The highest BCUT2D eigenvalue weighted by Gasteiger charge is 2.46. The van der Waals surface area contributed by atoms with Gasteiger partial charge >= 0.3 is 25.2 Å². The summed E-state index contributed by atoms with van der Waals surface area (Å²) in [5.41, 5.74) is -3.46. The molecule has 0 saturated carbocycles. The highest BCUT2D eigenvalue weighted by atomic mass is 31.2. The molecule has 0 radical (unpaired) electrons. The van der Waals surface area contributed by atoms with Crippen molar-refractivity contribution in [3.8, 4) is 0 Å². The number of carbonyl (C=O) groups excluding carboxylic acids is 2. The number of H-pyrrole nitrogens is 1. The van der Waals surface area contributed by atoms with E-state index in [1.54, 1.807) is 41.5 Å². The van der Waals surface area contributed by atoms with Crippen LogP contribution in [0.5, 0.6) is 0 Å². The third-order valence-corrected chi connectivity index (χ3v) is 7.92. The second-order valence-corrected chi connectivity index (χ2v) is 14.0. The first-order chi connectivity index (χ1) is 21.0. The number of nitrogens with one attached hydrogen (secondary N) is 1. The third-order valence-electron chi connectivity index (χ3n) is 6.26. The summed E-state index contributed by atoms with van der Waals surface area (Å²) in [4.78, 5) is 50.5. The first-order valence-corrected chi connectivity index (χ1v) is 15.4. The van der Waals surface area contributed by atoms with Crippen LogP contribution in [0, 0.1) is 10.8 Å². The van der Waals surface area contributed by atoms with Gasteiger partial charge in [-0.3, -0.25) is 37.5 Å². The van der Waals surface area contributed by atoms with Crippen molar-refractivity contribution in [1.82, 2.24) is 24.5 Å². The van der Waals surface area contributed by atoms with Crippen LogP contribution in [0.3, 0.4) is 0 Å². The van der Waals surface area contributed by atoms with Gasteiger partial charge in [0.05, 0.1) is 36.8 Å². The van der Waals surface area contributed by atoms with Crippen LogP contribution in [0.25, 0.3) is 0 Å². The lowest BCUT2D eigenvalue weighted by molar-refractivity contribution is -0.161. The number of ether oxygens (including phenoxy) is 5. The van der Waals surface area contributed by atoms with E-state index in [0.29, 0.717) is 0 Å². The number of methoxy groups -OCH3 is 1. The molecule has 1 aliphatic heterocycles. The number of nitrogens with zero attached hydrogens (tertiary/aromatic N) is 4. The summed E-state index contributed by atoms with van der Waals surface area (Å²) in [6.07, 6.45) is -2.12. The Bertz CT molecular complexity index is 1440. The van der Waals surface area contributed by atoms with E-state index in [4.69, 9.17) is 32.7 Å². The Morgan fingerprint density at radius 3 is 2.18 bits per heavy atom. The Balaban J connectivity index is 1.80. The number of rotatable bonds is 14. The van der Waals surface area contributed by atoms with Gasteiger partial charge in [0.25, 0.3) is 5.56 Å². The number of aromatic amines is 1. The maximum Gasteiger partial charge on any atom is 0.388 e. The van der Waals surface area contributed by atoms with Crippen LogP contribution >= 0.6 is 7.60 Å². The Kier molecular flexibility index (Phi) is 12.0. The van der Waals surface area contributed by atoms with E-state index < -0.39 is 79.7 Å². The zero-order valence-corrected chi connectivity index (χ0v) is 27.1. The zero-order chi connectivity index (χ0) is 33.6. The van der Waals surface area contributed by atoms with E-state index >= 15 is 0 Å². The Labute approximate surface area is 258 Å². The van der Waals surface area contributed by atoms with Gasteiger partial charge in [-0.1, -0.05) is 5.21 Å². The molecule has 2 N–H and O–H groups in total. The Morgan fingerprint density at radius 2 is 1.64 bits per heavy atom. The summed E-state index contributed by atoms with van der Waals surface area (Å²) in [7, 11) is -2.93. The molecule has 1 saturated heterocycles. The monoisotopic (exact) mass is 661 g/mol. The lowest BCUT2D eigenvalue weighted by Crippen LogP contribution is -2.39. The van der Waals surface area contributed by atoms with Gasteiger partial charge in [0.15, 0.2) is 11.7 Å². The molecular weight excluding hydrogens is 621 g/mol. The van der Waals surface area contributed by atoms with Crippen molar-refractivity contribution in [3.05, 3.63) is 39.3 Å². The fourth-order valence-corrected chi connectivity index (χ4v) is 4.90. The van der Waals surface area contributed by atoms with Crippen molar-refractivity contribution >= 4 is 25.0 Å². The van der Waals surface area contributed by atoms with Crippen molar-refractivity contribution in [2.24, 2.45) is 10.8 Å². The summed E-state index contributed by atoms with van der Waals surface area (Å²) in [5, 5.41) is 18.9. The van der Waals surface area contributed by atoms with Crippen LogP contribution in [0.4, 0.5) is 0 Å². The number of carbonyl (C=O) groups is 2. The second kappa shape index (κ2) is 14.9. The van der Waals surface area contributed by atoms with Gasteiger partial charge in [-0.2, -0.15) is 0 Å². The van der Waals surface area contributed by atoms with Crippen molar-refractivity contribution in [1.29, 1.82) is 0 Å².